The van der Waals surface area contributed by atoms with Crippen molar-refractivity contribution in [1.82, 2.24) is 15.5 Å². The highest BCUT2D eigenvalue weighted by Crippen LogP contribution is 2.31. The molecule has 4 N–H and O–H groups in total. The van der Waals surface area contributed by atoms with Crippen LogP contribution in [-0.2, 0) is 12.8 Å². The first kappa shape index (κ1) is 19.2. The van der Waals surface area contributed by atoms with Gasteiger partial charge in [-0.2, -0.15) is 5.10 Å². The van der Waals surface area contributed by atoms with Gasteiger partial charge in [0, 0.05) is 15.9 Å². The van der Waals surface area contributed by atoms with Crippen LogP contribution in [0.1, 0.15) is 17.5 Å². The lowest BCUT2D eigenvalue weighted by Crippen LogP contribution is -2.56. The van der Waals surface area contributed by atoms with Crippen molar-refractivity contribution in [3.8, 4) is 0 Å². The molecule has 0 saturated heterocycles. The second-order valence-corrected chi connectivity index (χ2v) is 8.29. The van der Waals surface area contributed by atoms with E-state index < -0.39 is 17.4 Å². The summed E-state index contributed by atoms with van der Waals surface area (Å²) in [6.45, 7) is -0.217. The Balaban J connectivity index is 1.53. The van der Waals surface area contributed by atoms with Crippen molar-refractivity contribution in [2.45, 2.75) is 24.8 Å². The number of urea groups is 1. The molecule has 6 nitrogen and oxygen atoms in total. The number of carbonyl (C=O) groups excluding carboxylic acids is 1. The van der Waals surface area contributed by atoms with Crippen molar-refractivity contribution in [3.05, 3.63) is 56.9 Å². The number of anilines is 1. The van der Waals surface area contributed by atoms with Crippen LogP contribution in [0.5, 0.6) is 0 Å². The van der Waals surface area contributed by atoms with Gasteiger partial charge >= 0.3 is 6.03 Å². The van der Waals surface area contributed by atoms with Crippen LogP contribution in [0.15, 0.2) is 34.8 Å². The molecule has 28 heavy (non-hydrogen) atoms. The summed E-state index contributed by atoms with van der Waals surface area (Å²) in [4.78, 5) is 12.6. The number of aliphatic hydroxyl groups is 1. The Morgan fingerprint density at radius 1 is 1.36 bits per heavy atom. The zero-order valence-electron chi connectivity index (χ0n) is 14.7. The summed E-state index contributed by atoms with van der Waals surface area (Å²) in [5.74, 6) is -0.622. The van der Waals surface area contributed by atoms with E-state index in [4.69, 9.17) is 11.6 Å². The highest BCUT2D eigenvalue weighted by molar-refractivity contribution is 9.10. The monoisotopic (exact) mass is 466 g/mol. The van der Waals surface area contributed by atoms with Gasteiger partial charge < -0.3 is 15.7 Å². The third-order valence-electron chi connectivity index (χ3n) is 5.10. The number of fused-ring (bicyclic) bond motifs is 2. The Morgan fingerprint density at radius 3 is 2.96 bits per heavy atom. The molecule has 1 heterocycles. The van der Waals surface area contributed by atoms with Crippen molar-refractivity contribution in [2.24, 2.45) is 0 Å². The van der Waals surface area contributed by atoms with Crippen LogP contribution in [0.4, 0.5) is 14.9 Å². The molecular formula is C19H17BrClFN4O2. The number of nitrogens with zero attached hydrogens (tertiary/aromatic N) is 1. The van der Waals surface area contributed by atoms with E-state index in [9.17, 15) is 14.3 Å². The first-order valence-electron chi connectivity index (χ1n) is 8.70. The van der Waals surface area contributed by atoms with Gasteiger partial charge in [-0.3, -0.25) is 5.10 Å². The van der Waals surface area contributed by atoms with E-state index in [1.54, 1.807) is 0 Å². The van der Waals surface area contributed by atoms with Crippen molar-refractivity contribution in [2.75, 3.05) is 11.9 Å². The molecule has 2 amide bonds. The number of carbonyl (C=O) groups is 1. The fourth-order valence-corrected chi connectivity index (χ4v) is 4.20. The van der Waals surface area contributed by atoms with E-state index in [2.05, 4.69) is 42.8 Å². The Hall–Kier alpha value is -2.16. The van der Waals surface area contributed by atoms with Crippen LogP contribution in [0.25, 0.3) is 10.9 Å². The minimum absolute atomic E-state index is 0.0125. The molecule has 4 rings (SSSR count). The number of hydrogen-bond acceptors (Lipinski definition) is 3. The molecule has 3 aromatic rings. The fourth-order valence-electron chi connectivity index (χ4n) is 3.60. The lowest BCUT2D eigenvalue weighted by Gasteiger charge is -2.37. The molecule has 0 fully saturated rings. The summed E-state index contributed by atoms with van der Waals surface area (Å²) < 4.78 is 15.3. The van der Waals surface area contributed by atoms with Gasteiger partial charge in [0.15, 0.2) is 0 Å². The van der Waals surface area contributed by atoms with E-state index in [0.717, 1.165) is 16.5 Å². The molecule has 0 bridgehead atoms. The molecule has 0 saturated carbocycles. The number of halogens is 3. The quantitative estimate of drug-likeness (QED) is 0.466. The summed E-state index contributed by atoms with van der Waals surface area (Å²) >= 11 is 9.45. The highest BCUT2D eigenvalue weighted by Gasteiger charge is 2.35. The number of rotatable bonds is 3. The molecule has 0 aliphatic heterocycles. The number of amides is 2. The topological polar surface area (TPSA) is 90.0 Å². The van der Waals surface area contributed by atoms with Crippen molar-refractivity contribution in [3.63, 3.8) is 0 Å². The molecule has 9 heteroatoms. The second-order valence-electron chi connectivity index (χ2n) is 6.99. The van der Waals surface area contributed by atoms with E-state index in [0.29, 0.717) is 23.7 Å². The van der Waals surface area contributed by atoms with Crippen LogP contribution >= 0.6 is 27.5 Å². The van der Waals surface area contributed by atoms with Crippen molar-refractivity contribution in [1.29, 1.82) is 0 Å². The number of benzene rings is 2. The van der Waals surface area contributed by atoms with E-state index in [-0.39, 0.29) is 17.4 Å². The fraction of sp³-hybridized carbons (Fsp3) is 0.263. The Labute approximate surface area is 173 Å². The summed E-state index contributed by atoms with van der Waals surface area (Å²) in [6, 6.07) is 8.00. The van der Waals surface area contributed by atoms with Gasteiger partial charge in [0.2, 0.25) is 0 Å². The number of aliphatic hydroxyl groups excluding tert-OH is 1. The summed E-state index contributed by atoms with van der Waals surface area (Å²) in [7, 11) is 0. The highest BCUT2D eigenvalue weighted by atomic mass is 79.9. The molecule has 2 aromatic carbocycles. The standard InChI is InChI=1S/C19H17BrClFN4O2/c20-12-2-1-11-8-19(9-27,4-3-10(11)5-12)24-18(28)23-16-6-13-15(7-14(16)22)25-26-17(13)21/h1-2,5-7,27H,3-4,8-9H2,(H,25,26)(H2,23,24,28). The van der Waals surface area contributed by atoms with Gasteiger partial charge in [-0.15, -0.1) is 0 Å². The second kappa shape index (κ2) is 7.35. The number of aryl methyl sites for hydroxylation is 1. The molecule has 1 aliphatic rings. The van der Waals surface area contributed by atoms with Crippen LogP contribution in [0.3, 0.4) is 0 Å². The molecule has 1 atom stereocenters. The largest absolute Gasteiger partial charge is 0.394 e. The van der Waals surface area contributed by atoms with Crippen LogP contribution < -0.4 is 10.6 Å². The molecule has 1 aliphatic carbocycles. The molecular weight excluding hydrogens is 451 g/mol. The Kier molecular flexibility index (Phi) is 5.03. The molecule has 0 spiro atoms. The minimum atomic E-state index is -0.807. The SMILES string of the molecule is O=C(Nc1cc2c(Cl)[nH]nc2cc1F)NC1(CO)CCc2cc(Br)ccc2C1. The van der Waals surface area contributed by atoms with Crippen molar-refractivity contribution >= 4 is 50.2 Å². The molecule has 0 radical (unpaired) electrons. The summed E-state index contributed by atoms with van der Waals surface area (Å²) in [6.07, 6.45) is 1.80. The van der Waals surface area contributed by atoms with Gasteiger partial charge in [-0.1, -0.05) is 33.6 Å². The smallest absolute Gasteiger partial charge is 0.319 e. The molecule has 1 unspecified atom stereocenters. The van der Waals surface area contributed by atoms with Crippen LogP contribution in [-0.4, -0.2) is 33.5 Å². The molecule has 1 aromatic heterocycles. The lowest BCUT2D eigenvalue weighted by molar-refractivity contribution is 0.150. The summed E-state index contributed by atoms with van der Waals surface area (Å²) in [5, 5.41) is 22.6. The lowest BCUT2D eigenvalue weighted by atomic mass is 9.78. The minimum Gasteiger partial charge on any atom is -0.394 e. The summed E-state index contributed by atoms with van der Waals surface area (Å²) in [5.41, 5.74) is 1.81. The Bertz CT molecular complexity index is 1070. The number of hydrogen-bond donors (Lipinski definition) is 4. The first-order valence-corrected chi connectivity index (χ1v) is 9.87. The van der Waals surface area contributed by atoms with E-state index in [1.807, 2.05) is 12.1 Å². The predicted octanol–water partition coefficient (Wildman–Crippen LogP) is 4.16. The van der Waals surface area contributed by atoms with Gasteiger partial charge in [-0.25, -0.2) is 9.18 Å². The number of aromatic amines is 1. The maximum absolute atomic E-state index is 14.3. The number of H-pyrrole nitrogens is 1. The average molecular weight is 468 g/mol. The first-order chi connectivity index (χ1) is 13.4. The Morgan fingerprint density at radius 2 is 2.18 bits per heavy atom. The van der Waals surface area contributed by atoms with Gasteiger partial charge in [0.05, 0.1) is 23.3 Å². The maximum Gasteiger partial charge on any atom is 0.319 e. The van der Waals surface area contributed by atoms with E-state index >= 15 is 0 Å². The average Bonchev–Trinajstić information content (AvgIpc) is 3.02. The number of aromatic nitrogens is 2. The van der Waals surface area contributed by atoms with E-state index in [1.165, 1.54) is 17.7 Å². The third-order valence-corrected chi connectivity index (χ3v) is 5.88. The van der Waals surface area contributed by atoms with Gasteiger partial charge in [0.25, 0.3) is 0 Å². The normalized spacial score (nSPS) is 18.7. The zero-order chi connectivity index (χ0) is 19.9. The predicted molar refractivity (Wildman–Crippen MR) is 109 cm³/mol. The third kappa shape index (κ3) is 3.59. The zero-order valence-corrected chi connectivity index (χ0v) is 17.0. The maximum atomic E-state index is 14.3. The van der Waals surface area contributed by atoms with Gasteiger partial charge in [-0.05, 0) is 48.6 Å². The van der Waals surface area contributed by atoms with Crippen LogP contribution in [0, 0.1) is 5.82 Å². The van der Waals surface area contributed by atoms with Gasteiger partial charge in [0.1, 0.15) is 11.0 Å². The number of nitrogens with one attached hydrogen (secondary N) is 3. The van der Waals surface area contributed by atoms with Crippen LogP contribution in [0.2, 0.25) is 5.15 Å². The van der Waals surface area contributed by atoms with Crippen molar-refractivity contribution < 1.29 is 14.3 Å². The molecule has 146 valence electrons.